The molecule has 2 aromatic carbocycles. The first-order chi connectivity index (χ1) is 10.3. The molecule has 106 valence electrons. The van der Waals surface area contributed by atoms with Crippen molar-refractivity contribution in [2.45, 2.75) is 33.1 Å². The summed E-state index contributed by atoms with van der Waals surface area (Å²) < 4.78 is 0. The zero-order valence-corrected chi connectivity index (χ0v) is 12.9. The Morgan fingerprint density at radius 1 is 0.810 bits per heavy atom. The van der Waals surface area contributed by atoms with Crippen molar-refractivity contribution in [2.75, 3.05) is 0 Å². The Labute approximate surface area is 127 Å². The largest absolute Gasteiger partial charge is 0.0723 e. The van der Waals surface area contributed by atoms with Gasteiger partial charge in [-0.05, 0) is 60.9 Å². The summed E-state index contributed by atoms with van der Waals surface area (Å²) >= 11 is 0. The fraction of sp³-hybridized carbons (Fsp3) is 0.238. The Morgan fingerprint density at radius 2 is 1.52 bits per heavy atom. The van der Waals surface area contributed by atoms with E-state index in [0.717, 1.165) is 19.3 Å². The van der Waals surface area contributed by atoms with Crippen molar-refractivity contribution in [3.05, 3.63) is 88.5 Å². The topological polar surface area (TPSA) is 0 Å². The number of rotatable bonds is 4. The van der Waals surface area contributed by atoms with Gasteiger partial charge >= 0.3 is 0 Å². The van der Waals surface area contributed by atoms with E-state index >= 15 is 0 Å². The lowest BCUT2D eigenvalue weighted by atomic mass is 9.92. The molecule has 0 saturated carbocycles. The Kier molecular flexibility index (Phi) is 4.06. The molecule has 0 aliphatic heterocycles. The van der Waals surface area contributed by atoms with Crippen molar-refractivity contribution in [3.8, 4) is 0 Å². The van der Waals surface area contributed by atoms with E-state index in [9.17, 15) is 0 Å². The summed E-state index contributed by atoms with van der Waals surface area (Å²) in [5.74, 6) is 0. The molecule has 0 fully saturated rings. The van der Waals surface area contributed by atoms with Crippen molar-refractivity contribution in [3.63, 3.8) is 0 Å². The highest BCUT2D eigenvalue weighted by atomic mass is 14.2. The third-order valence-corrected chi connectivity index (χ3v) is 4.49. The SMILES string of the molecule is CC1=C(C)C(c2ccccc2CCc2ccccc2)=CC1. The van der Waals surface area contributed by atoms with E-state index in [4.69, 9.17) is 0 Å². The van der Waals surface area contributed by atoms with Crippen LogP contribution in [0.15, 0.2) is 71.8 Å². The fourth-order valence-electron chi connectivity index (χ4n) is 3.03. The first-order valence-electron chi connectivity index (χ1n) is 7.75. The Balaban J connectivity index is 1.84. The highest BCUT2D eigenvalue weighted by Gasteiger charge is 2.15. The molecule has 0 N–H and O–H groups in total. The first kappa shape index (κ1) is 13.9. The highest BCUT2D eigenvalue weighted by molar-refractivity contribution is 5.83. The van der Waals surface area contributed by atoms with Crippen LogP contribution in [0.2, 0.25) is 0 Å². The summed E-state index contributed by atoms with van der Waals surface area (Å²) in [4.78, 5) is 0. The summed E-state index contributed by atoms with van der Waals surface area (Å²) in [6, 6.07) is 19.6. The van der Waals surface area contributed by atoms with Gasteiger partial charge in [-0.25, -0.2) is 0 Å². The van der Waals surface area contributed by atoms with Crippen molar-refractivity contribution in [1.29, 1.82) is 0 Å². The van der Waals surface area contributed by atoms with E-state index in [-0.39, 0.29) is 0 Å². The second-order valence-electron chi connectivity index (χ2n) is 5.87. The molecule has 0 heterocycles. The quantitative estimate of drug-likeness (QED) is 0.681. The molecule has 3 rings (SSSR count). The predicted octanol–water partition coefficient (Wildman–Crippen LogP) is 5.60. The van der Waals surface area contributed by atoms with E-state index in [1.165, 1.54) is 33.4 Å². The summed E-state index contributed by atoms with van der Waals surface area (Å²) in [5, 5.41) is 0. The first-order valence-corrected chi connectivity index (χ1v) is 7.75. The van der Waals surface area contributed by atoms with Crippen LogP contribution < -0.4 is 0 Å². The summed E-state index contributed by atoms with van der Waals surface area (Å²) in [7, 11) is 0. The van der Waals surface area contributed by atoms with Crippen molar-refractivity contribution >= 4 is 5.57 Å². The maximum atomic E-state index is 2.38. The molecule has 0 radical (unpaired) electrons. The van der Waals surface area contributed by atoms with Crippen molar-refractivity contribution in [1.82, 2.24) is 0 Å². The van der Waals surface area contributed by atoms with Crippen LogP contribution in [0.3, 0.4) is 0 Å². The van der Waals surface area contributed by atoms with Crippen LogP contribution in [0.25, 0.3) is 5.57 Å². The van der Waals surface area contributed by atoms with E-state index in [1.807, 2.05) is 0 Å². The number of allylic oxidation sites excluding steroid dienone is 4. The van der Waals surface area contributed by atoms with E-state index < -0.39 is 0 Å². The molecule has 0 bridgehead atoms. The van der Waals surface area contributed by atoms with Gasteiger partial charge in [0.2, 0.25) is 0 Å². The lowest BCUT2D eigenvalue weighted by Gasteiger charge is -2.12. The molecule has 0 nitrogen and oxygen atoms in total. The maximum Gasteiger partial charge on any atom is -0.0126 e. The minimum absolute atomic E-state index is 1.10. The average molecular weight is 274 g/mol. The molecule has 0 aromatic heterocycles. The Bertz CT molecular complexity index is 687. The molecule has 0 atom stereocenters. The van der Waals surface area contributed by atoms with E-state index in [0.29, 0.717) is 0 Å². The molecule has 1 aliphatic rings. The zero-order chi connectivity index (χ0) is 14.7. The smallest absolute Gasteiger partial charge is 0.0126 e. The zero-order valence-electron chi connectivity index (χ0n) is 12.9. The molecular formula is C21H22. The number of hydrogen-bond acceptors (Lipinski definition) is 0. The predicted molar refractivity (Wildman–Crippen MR) is 91.3 cm³/mol. The summed E-state index contributed by atoms with van der Waals surface area (Å²) in [5.41, 5.74) is 8.70. The second kappa shape index (κ2) is 6.13. The fourth-order valence-corrected chi connectivity index (χ4v) is 3.03. The van der Waals surface area contributed by atoms with Crippen LogP contribution in [-0.4, -0.2) is 0 Å². The maximum absolute atomic E-state index is 2.38. The monoisotopic (exact) mass is 274 g/mol. The molecule has 1 aliphatic carbocycles. The number of hydrogen-bond donors (Lipinski definition) is 0. The lowest BCUT2D eigenvalue weighted by molar-refractivity contribution is 0.956. The van der Waals surface area contributed by atoms with Gasteiger partial charge in [-0.1, -0.05) is 66.2 Å². The third kappa shape index (κ3) is 3.00. The van der Waals surface area contributed by atoms with Gasteiger partial charge in [0.15, 0.2) is 0 Å². The highest BCUT2D eigenvalue weighted by Crippen LogP contribution is 2.35. The van der Waals surface area contributed by atoms with E-state index in [2.05, 4.69) is 74.5 Å². The average Bonchev–Trinajstić information content (AvgIpc) is 2.86. The van der Waals surface area contributed by atoms with Gasteiger partial charge in [0.25, 0.3) is 0 Å². The van der Waals surface area contributed by atoms with Crippen LogP contribution in [0.4, 0.5) is 0 Å². The molecular weight excluding hydrogens is 252 g/mol. The standard InChI is InChI=1S/C21H22/c1-16-12-15-20(17(16)2)21-11-7-6-10-19(21)14-13-18-8-4-3-5-9-18/h3-11,15H,12-14H2,1-2H3. The van der Waals surface area contributed by atoms with Gasteiger partial charge in [0.05, 0.1) is 0 Å². The minimum atomic E-state index is 1.10. The second-order valence-corrected chi connectivity index (χ2v) is 5.87. The number of aryl methyl sites for hydroxylation is 2. The van der Waals surface area contributed by atoms with E-state index in [1.54, 1.807) is 0 Å². The van der Waals surface area contributed by atoms with Gasteiger partial charge in [-0.3, -0.25) is 0 Å². The number of benzene rings is 2. The Morgan fingerprint density at radius 3 is 2.24 bits per heavy atom. The van der Waals surface area contributed by atoms with Crippen LogP contribution in [0.1, 0.15) is 37.0 Å². The molecule has 0 saturated heterocycles. The molecule has 0 amide bonds. The third-order valence-electron chi connectivity index (χ3n) is 4.49. The molecule has 0 spiro atoms. The molecule has 0 heteroatoms. The van der Waals surface area contributed by atoms with Gasteiger partial charge in [0.1, 0.15) is 0 Å². The van der Waals surface area contributed by atoms with Crippen molar-refractivity contribution < 1.29 is 0 Å². The van der Waals surface area contributed by atoms with Crippen LogP contribution in [0, 0.1) is 0 Å². The van der Waals surface area contributed by atoms with Crippen molar-refractivity contribution in [2.24, 2.45) is 0 Å². The Hall–Kier alpha value is -2.08. The van der Waals surface area contributed by atoms with Gasteiger partial charge < -0.3 is 0 Å². The van der Waals surface area contributed by atoms with Crippen LogP contribution in [0.5, 0.6) is 0 Å². The van der Waals surface area contributed by atoms with Crippen LogP contribution in [-0.2, 0) is 12.8 Å². The normalized spacial score (nSPS) is 14.5. The minimum Gasteiger partial charge on any atom is -0.0723 e. The molecule has 2 aromatic rings. The lowest BCUT2D eigenvalue weighted by Crippen LogP contribution is -1.97. The van der Waals surface area contributed by atoms with Gasteiger partial charge in [0, 0.05) is 0 Å². The molecule has 21 heavy (non-hydrogen) atoms. The summed E-state index contributed by atoms with van der Waals surface area (Å²) in [6.45, 7) is 4.49. The van der Waals surface area contributed by atoms with Crippen LogP contribution >= 0.6 is 0 Å². The summed E-state index contributed by atoms with van der Waals surface area (Å²) in [6.07, 6.45) is 5.69. The van der Waals surface area contributed by atoms with Gasteiger partial charge in [-0.15, -0.1) is 0 Å². The van der Waals surface area contributed by atoms with Gasteiger partial charge in [-0.2, -0.15) is 0 Å². The molecule has 0 unspecified atom stereocenters.